The number of benzene rings is 1. The van der Waals surface area contributed by atoms with E-state index in [4.69, 9.17) is 16.7 Å². The molecule has 0 aliphatic heterocycles. The molecule has 0 radical (unpaired) electrons. The lowest BCUT2D eigenvalue weighted by molar-refractivity contribution is 0.0695. The second-order valence-corrected chi connectivity index (χ2v) is 4.61. The molecule has 1 N–H and O–H groups in total. The average molecular weight is 278 g/mol. The van der Waals surface area contributed by atoms with Crippen LogP contribution in [0.15, 0.2) is 36.5 Å². The van der Waals surface area contributed by atoms with Gasteiger partial charge in [0.2, 0.25) is 0 Å². The number of carbonyl (C=O) groups excluding carboxylic acids is 1. The van der Waals surface area contributed by atoms with E-state index in [0.29, 0.717) is 16.3 Å². The van der Waals surface area contributed by atoms with Crippen molar-refractivity contribution in [1.29, 1.82) is 0 Å². The summed E-state index contributed by atoms with van der Waals surface area (Å²) in [5, 5.41) is 9.52. The predicted octanol–water partition coefficient (Wildman–Crippen LogP) is 3.03. The lowest BCUT2D eigenvalue weighted by atomic mass is 10.1. The van der Waals surface area contributed by atoms with E-state index in [1.807, 2.05) is 0 Å². The normalized spacial score (nSPS) is 10.4. The third-order valence-corrected chi connectivity index (χ3v) is 3.20. The van der Waals surface area contributed by atoms with Crippen molar-refractivity contribution < 1.29 is 14.7 Å². The van der Waals surface area contributed by atoms with Crippen molar-refractivity contribution in [1.82, 2.24) is 4.57 Å². The van der Waals surface area contributed by atoms with Gasteiger partial charge in [-0.05, 0) is 37.3 Å². The van der Waals surface area contributed by atoms with Gasteiger partial charge in [0.15, 0.2) is 5.78 Å². The van der Waals surface area contributed by atoms with Crippen LogP contribution >= 0.6 is 11.6 Å². The van der Waals surface area contributed by atoms with E-state index < -0.39 is 5.97 Å². The molecule has 1 heterocycles. The van der Waals surface area contributed by atoms with E-state index in [9.17, 15) is 9.59 Å². The van der Waals surface area contributed by atoms with Gasteiger partial charge in [-0.3, -0.25) is 4.79 Å². The maximum atomic E-state index is 12.0. The average Bonchev–Trinajstić information content (AvgIpc) is 2.72. The Bertz CT molecular complexity index is 629. The standard InChI is InChI=1S/C14H12ClNO3/c1-9-12(14(18)19)6-7-16(9)8-13(17)10-2-4-11(15)5-3-10/h2-7H,8H2,1H3,(H,18,19). The monoisotopic (exact) mass is 277 g/mol. The third-order valence-electron chi connectivity index (χ3n) is 2.95. The second kappa shape index (κ2) is 5.28. The third kappa shape index (κ3) is 2.85. The fourth-order valence-corrected chi connectivity index (χ4v) is 1.96. The van der Waals surface area contributed by atoms with Crippen LogP contribution in [-0.2, 0) is 6.54 Å². The van der Waals surface area contributed by atoms with Crippen LogP contribution < -0.4 is 0 Å². The Morgan fingerprint density at radius 1 is 1.21 bits per heavy atom. The zero-order valence-corrected chi connectivity index (χ0v) is 11.0. The molecule has 0 saturated carbocycles. The lowest BCUT2D eigenvalue weighted by Gasteiger charge is -2.06. The SMILES string of the molecule is Cc1c(C(=O)O)ccn1CC(=O)c1ccc(Cl)cc1. The summed E-state index contributed by atoms with van der Waals surface area (Å²) in [6.07, 6.45) is 1.60. The van der Waals surface area contributed by atoms with Gasteiger partial charge in [-0.1, -0.05) is 11.6 Å². The van der Waals surface area contributed by atoms with Crippen LogP contribution in [0.3, 0.4) is 0 Å². The van der Waals surface area contributed by atoms with Crippen LogP contribution in [0.2, 0.25) is 5.02 Å². The molecule has 0 spiro atoms. The van der Waals surface area contributed by atoms with Crippen LogP contribution in [0.25, 0.3) is 0 Å². The van der Waals surface area contributed by atoms with Gasteiger partial charge in [-0.2, -0.15) is 0 Å². The maximum absolute atomic E-state index is 12.0. The highest BCUT2D eigenvalue weighted by molar-refractivity contribution is 6.30. The minimum absolute atomic E-state index is 0.0905. The highest BCUT2D eigenvalue weighted by Crippen LogP contribution is 2.13. The molecule has 2 aromatic rings. The van der Waals surface area contributed by atoms with E-state index in [2.05, 4.69) is 0 Å². The van der Waals surface area contributed by atoms with Gasteiger partial charge in [0.25, 0.3) is 0 Å². The molecule has 1 aromatic carbocycles. The highest BCUT2D eigenvalue weighted by atomic mass is 35.5. The number of carbonyl (C=O) groups is 2. The second-order valence-electron chi connectivity index (χ2n) is 4.18. The number of hydrogen-bond donors (Lipinski definition) is 1. The maximum Gasteiger partial charge on any atom is 0.337 e. The van der Waals surface area contributed by atoms with Gasteiger partial charge in [-0.25, -0.2) is 4.79 Å². The molecule has 0 bridgehead atoms. The number of rotatable bonds is 4. The lowest BCUT2D eigenvalue weighted by Crippen LogP contribution is -2.11. The Morgan fingerprint density at radius 3 is 2.37 bits per heavy atom. The van der Waals surface area contributed by atoms with E-state index >= 15 is 0 Å². The van der Waals surface area contributed by atoms with Crippen LogP contribution in [0.1, 0.15) is 26.4 Å². The quantitative estimate of drug-likeness (QED) is 0.874. The molecule has 2 rings (SSSR count). The number of carboxylic acids is 1. The van der Waals surface area contributed by atoms with Crippen molar-refractivity contribution in [3.63, 3.8) is 0 Å². The summed E-state index contributed by atoms with van der Waals surface area (Å²) in [5.74, 6) is -1.08. The first-order valence-corrected chi connectivity index (χ1v) is 6.04. The Labute approximate surface area is 115 Å². The van der Waals surface area contributed by atoms with E-state index in [1.165, 1.54) is 6.07 Å². The number of carboxylic acid groups (broad SMARTS) is 1. The van der Waals surface area contributed by atoms with Crippen LogP contribution in [-0.4, -0.2) is 21.4 Å². The number of aromatic nitrogens is 1. The molecule has 19 heavy (non-hydrogen) atoms. The first kappa shape index (κ1) is 13.4. The van der Waals surface area contributed by atoms with Crippen molar-refractivity contribution in [3.05, 3.63) is 58.4 Å². The van der Waals surface area contributed by atoms with E-state index in [-0.39, 0.29) is 17.9 Å². The fraction of sp³-hybridized carbons (Fsp3) is 0.143. The zero-order chi connectivity index (χ0) is 14.0. The summed E-state index contributed by atoms with van der Waals surface area (Å²) in [6, 6.07) is 8.11. The molecular weight excluding hydrogens is 266 g/mol. The van der Waals surface area contributed by atoms with Crippen molar-refractivity contribution in [2.24, 2.45) is 0 Å². The summed E-state index contributed by atoms with van der Waals surface area (Å²) in [7, 11) is 0. The summed E-state index contributed by atoms with van der Waals surface area (Å²) >= 11 is 5.76. The van der Waals surface area contributed by atoms with Gasteiger partial charge in [0.1, 0.15) is 0 Å². The minimum Gasteiger partial charge on any atom is -0.478 e. The summed E-state index contributed by atoms with van der Waals surface area (Å²) in [6.45, 7) is 1.79. The van der Waals surface area contributed by atoms with Crippen LogP contribution in [0, 0.1) is 6.92 Å². The van der Waals surface area contributed by atoms with Gasteiger partial charge >= 0.3 is 5.97 Å². The Kier molecular flexibility index (Phi) is 3.71. The van der Waals surface area contributed by atoms with Gasteiger partial charge in [0.05, 0.1) is 12.1 Å². The number of hydrogen-bond acceptors (Lipinski definition) is 2. The van der Waals surface area contributed by atoms with Crippen molar-refractivity contribution >= 4 is 23.4 Å². The van der Waals surface area contributed by atoms with Crippen molar-refractivity contribution in [2.75, 3.05) is 0 Å². The topological polar surface area (TPSA) is 59.3 Å². The summed E-state index contributed by atoms with van der Waals surface area (Å²) in [5.41, 5.74) is 1.33. The predicted molar refractivity (Wildman–Crippen MR) is 71.9 cm³/mol. The minimum atomic E-state index is -0.991. The molecule has 4 nitrogen and oxygen atoms in total. The molecule has 1 aromatic heterocycles. The number of halogens is 1. The van der Waals surface area contributed by atoms with Crippen LogP contribution in [0.5, 0.6) is 0 Å². The van der Waals surface area contributed by atoms with Crippen molar-refractivity contribution in [2.45, 2.75) is 13.5 Å². The molecule has 0 fully saturated rings. The largest absolute Gasteiger partial charge is 0.478 e. The van der Waals surface area contributed by atoms with Gasteiger partial charge in [0, 0.05) is 22.5 Å². The van der Waals surface area contributed by atoms with Crippen molar-refractivity contribution in [3.8, 4) is 0 Å². The highest BCUT2D eigenvalue weighted by Gasteiger charge is 2.13. The molecule has 0 aliphatic rings. The molecule has 0 atom stereocenters. The molecule has 0 aliphatic carbocycles. The molecule has 98 valence electrons. The Hall–Kier alpha value is -2.07. The fourth-order valence-electron chi connectivity index (χ4n) is 1.83. The van der Waals surface area contributed by atoms with Gasteiger partial charge < -0.3 is 9.67 Å². The van der Waals surface area contributed by atoms with Gasteiger partial charge in [-0.15, -0.1) is 0 Å². The number of aromatic carboxylic acids is 1. The number of Topliss-reactive ketones (excluding diaryl/α,β-unsaturated/α-hetero) is 1. The summed E-state index contributed by atoms with van der Waals surface area (Å²) in [4.78, 5) is 23.0. The summed E-state index contributed by atoms with van der Waals surface area (Å²) < 4.78 is 1.63. The molecule has 0 unspecified atom stereocenters. The Balaban J connectivity index is 2.19. The number of ketones is 1. The first-order chi connectivity index (χ1) is 8.99. The van der Waals surface area contributed by atoms with E-state index in [0.717, 1.165) is 0 Å². The Morgan fingerprint density at radius 2 is 1.84 bits per heavy atom. The first-order valence-electron chi connectivity index (χ1n) is 5.67. The number of nitrogens with zero attached hydrogens (tertiary/aromatic N) is 1. The molecule has 0 amide bonds. The molecular formula is C14H12ClNO3. The smallest absolute Gasteiger partial charge is 0.337 e. The zero-order valence-electron chi connectivity index (χ0n) is 10.3. The van der Waals surface area contributed by atoms with E-state index in [1.54, 1.807) is 42.0 Å². The molecule has 5 heteroatoms. The molecule has 0 saturated heterocycles. The van der Waals surface area contributed by atoms with Crippen LogP contribution in [0.4, 0.5) is 0 Å².